The number of nitrogens with one attached hydrogen (secondary N) is 1. The van der Waals surface area contributed by atoms with Crippen LogP contribution in [0.3, 0.4) is 0 Å². The quantitative estimate of drug-likeness (QED) is 0.644. The van der Waals surface area contributed by atoms with E-state index in [1.807, 2.05) is 24.0 Å². The average molecular weight is 310 g/mol. The Labute approximate surface area is 131 Å². The summed E-state index contributed by atoms with van der Waals surface area (Å²) in [5.41, 5.74) is 1.10. The van der Waals surface area contributed by atoms with Crippen LogP contribution in [0.15, 0.2) is 24.4 Å². The molecule has 1 fully saturated rings. The van der Waals surface area contributed by atoms with Gasteiger partial charge in [0.2, 0.25) is 0 Å². The minimum absolute atomic E-state index is 0.102. The first-order valence-corrected chi connectivity index (χ1v) is 8.53. The van der Waals surface area contributed by atoms with Gasteiger partial charge in [0.1, 0.15) is 4.75 Å². The zero-order valence-electron chi connectivity index (χ0n) is 12.3. The number of hydrogen-bond acceptors (Lipinski definition) is 4. The number of thiocarbonyl (C=S) groups is 1. The van der Waals surface area contributed by atoms with Crippen molar-refractivity contribution < 1.29 is 0 Å². The van der Waals surface area contributed by atoms with Gasteiger partial charge >= 0.3 is 0 Å². The van der Waals surface area contributed by atoms with E-state index in [1.54, 1.807) is 0 Å². The Hall–Kier alpha value is -0.650. The van der Waals surface area contributed by atoms with Crippen LogP contribution < -0.4 is 5.32 Å². The maximum absolute atomic E-state index is 5.70. The van der Waals surface area contributed by atoms with Gasteiger partial charge in [-0.05, 0) is 57.8 Å². The lowest BCUT2D eigenvalue weighted by molar-refractivity contribution is 0.399. The Morgan fingerprint density at radius 3 is 2.95 bits per heavy atom. The third kappa shape index (κ3) is 3.71. The molecule has 0 aromatic carbocycles. The van der Waals surface area contributed by atoms with Crippen molar-refractivity contribution in [1.29, 1.82) is 0 Å². The van der Waals surface area contributed by atoms with E-state index in [2.05, 4.69) is 41.4 Å². The second-order valence-electron chi connectivity index (χ2n) is 5.41. The Morgan fingerprint density at radius 1 is 1.50 bits per heavy atom. The van der Waals surface area contributed by atoms with E-state index in [4.69, 9.17) is 12.2 Å². The van der Waals surface area contributed by atoms with Gasteiger partial charge in [0.25, 0.3) is 0 Å². The van der Waals surface area contributed by atoms with Gasteiger partial charge < -0.3 is 10.2 Å². The van der Waals surface area contributed by atoms with Gasteiger partial charge in [-0.3, -0.25) is 4.98 Å². The SMILES string of the molecule is CN(C)CCCNC(=S)C1(c2ccccn2)CCCS1. The normalized spacial score (nSPS) is 22.1. The molecule has 1 aliphatic rings. The molecule has 1 aromatic heterocycles. The summed E-state index contributed by atoms with van der Waals surface area (Å²) in [5.74, 6) is 1.16. The Balaban J connectivity index is 2.00. The van der Waals surface area contributed by atoms with Gasteiger partial charge in [-0.2, -0.15) is 0 Å². The first-order chi connectivity index (χ1) is 9.65. The number of aromatic nitrogens is 1. The molecule has 0 bridgehead atoms. The Kier molecular flexibility index (Phi) is 5.81. The van der Waals surface area contributed by atoms with E-state index in [0.717, 1.165) is 42.4 Å². The molecule has 0 radical (unpaired) electrons. The monoisotopic (exact) mass is 309 g/mol. The van der Waals surface area contributed by atoms with Crippen LogP contribution in [0.25, 0.3) is 0 Å². The number of thioether (sulfide) groups is 1. The second-order valence-corrected chi connectivity index (χ2v) is 7.21. The first-order valence-electron chi connectivity index (χ1n) is 7.14. The molecule has 20 heavy (non-hydrogen) atoms. The van der Waals surface area contributed by atoms with Crippen LogP contribution in [-0.4, -0.2) is 47.8 Å². The minimum Gasteiger partial charge on any atom is -0.378 e. The van der Waals surface area contributed by atoms with Crippen LogP contribution in [-0.2, 0) is 4.75 Å². The maximum atomic E-state index is 5.70. The molecule has 3 nitrogen and oxygen atoms in total. The molecule has 110 valence electrons. The molecule has 0 amide bonds. The molecular weight excluding hydrogens is 286 g/mol. The highest BCUT2D eigenvalue weighted by Gasteiger charge is 2.41. The van der Waals surface area contributed by atoms with Crippen molar-refractivity contribution in [3.63, 3.8) is 0 Å². The zero-order valence-corrected chi connectivity index (χ0v) is 13.9. The lowest BCUT2D eigenvalue weighted by Crippen LogP contribution is -2.40. The van der Waals surface area contributed by atoms with Crippen molar-refractivity contribution in [1.82, 2.24) is 15.2 Å². The minimum atomic E-state index is -0.102. The number of pyridine rings is 1. The Bertz CT molecular complexity index is 428. The van der Waals surface area contributed by atoms with Crippen LogP contribution in [0.4, 0.5) is 0 Å². The molecule has 1 atom stereocenters. The first kappa shape index (κ1) is 15.7. The summed E-state index contributed by atoms with van der Waals surface area (Å²) in [4.78, 5) is 7.71. The Morgan fingerprint density at radius 2 is 2.35 bits per heavy atom. The highest BCUT2D eigenvalue weighted by atomic mass is 32.2. The molecule has 2 heterocycles. The van der Waals surface area contributed by atoms with E-state index in [0.29, 0.717) is 0 Å². The lowest BCUT2D eigenvalue weighted by atomic mass is 9.98. The highest BCUT2D eigenvalue weighted by Crippen LogP contribution is 2.46. The predicted molar refractivity (Wildman–Crippen MR) is 91.4 cm³/mol. The largest absolute Gasteiger partial charge is 0.378 e. The summed E-state index contributed by atoms with van der Waals surface area (Å²) >= 11 is 7.64. The second kappa shape index (κ2) is 7.38. The van der Waals surface area contributed by atoms with Crippen LogP contribution in [0.2, 0.25) is 0 Å². The third-order valence-electron chi connectivity index (χ3n) is 3.53. The summed E-state index contributed by atoms with van der Waals surface area (Å²) < 4.78 is -0.102. The summed E-state index contributed by atoms with van der Waals surface area (Å²) in [5, 5.41) is 3.46. The summed E-state index contributed by atoms with van der Waals surface area (Å²) in [6, 6.07) is 6.12. The fourth-order valence-corrected chi connectivity index (χ4v) is 4.36. The summed E-state index contributed by atoms with van der Waals surface area (Å²) in [6.45, 7) is 2.02. The van der Waals surface area contributed by atoms with Gasteiger partial charge in [0, 0.05) is 12.7 Å². The van der Waals surface area contributed by atoms with Crippen LogP contribution >= 0.6 is 24.0 Å². The van der Waals surface area contributed by atoms with Gasteiger partial charge in [-0.15, -0.1) is 11.8 Å². The molecule has 1 aromatic rings. The van der Waals surface area contributed by atoms with E-state index in [-0.39, 0.29) is 4.75 Å². The molecule has 0 saturated carbocycles. The van der Waals surface area contributed by atoms with Crippen molar-refractivity contribution >= 4 is 29.0 Å². The summed E-state index contributed by atoms with van der Waals surface area (Å²) in [6.07, 6.45) is 5.27. The number of nitrogens with zero attached hydrogens (tertiary/aromatic N) is 2. The number of hydrogen-bond donors (Lipinski definition) is 1. The average Bonchev–Trinajstić information content (AvgIpc) is 2.95. The molecule has 1 saturated heterocycles. The number of rotatable bonds is 6. The van der Waals surface area contributed by atoms with Gasteiger partial charge in [0.05, 0.1) is 10.7 Å². The third-order valence-corrected chi connectivity index (χ3v) is 5.76. The molecule has 1 unspecified atom stereocenters. The molecule has 1 aliphatic heterocycles. The maximum Gasteiger partial charge on any atom is 0.108 e. The van der Waals surface area contributed by atoms with E-state index < -0.39 is 0 Å². The van der Waals surface area contributed by atoms with Gasteiger partial charge in [0.15, 0.2) is 0 Å². The van der Waals surface area contributed by atoms with Gasteiger partial charge in [-0.25, -0.2) is 0 Å². The van der Waals surface area contributed by atoms with Crippen molar-refractivity contribution in [2.45, 2.75) is 24.0 Å². The molecule has 0 spiro atoms. The van der Waals surface area contributed by atoms with E-state index in [9.17, 15) is 0 Å². The molecule has 2 rings (SSSR count). The summed E-state index contributed by atoms with van der Waals surface area (Å²) in [7, 11) is 4.20. The van der Waals surface area contributed by atoms with Crippen LogP contribution in [0.5, 0.6) is 0 Å². The van der Waals surface area contributed by atoms with Crippen molar-refractivity contribution in [3.05, 3.63) is 30.1 Å². The van der Waals surface area contributed by atoms with E-state index >= 15 is 0 Å². The fraction of sp³-hybridized carbons (Fsp3) is 0.600. The standard InChI is InChI=1S/C15H23N3S2/c1-18(2)11-6-10-17-14(19)15(8-5-12-20-15)13-7-3-4-9-16-13/h3-4,7,9H,5-6,8,10-12H2,1-2H3,(H,17,19). The topological polar surface area (TPSA) is 28.2 Å². The fourth-order valence-electron chi connectivity index (χ4n) is 2.48. The van der Waals surface area contributed by atoms with Crippen molar-refractivity contribution in [3.8, 4) is 0 Å². The molecule has 0 aliphatic carbocycles. The van der Waals surface area contributed by atoms with Crippen molar-refractivity contribution in [2.75, 3.05) is 32.9 Å². The highest BCUT2D eigenvalue weighted by molar-refractivity contribution is 8.02. The van der Waals surface area contributed by atoms with Gasteiger partial charge in [-0.1, -0.05) is 18.3 Å². The van der Waals surface area contributed by atoms with E-state index in [1.165, 1.54) is 6.42 Å². The zero-order chi connectivity index (χ0) is 14.4. The van der Waals surface area contributed by atoms with Crippen LogP contribution in [0.1, 0.15) is 25.0 Å². The van der Waals surface area contributed by atoms with Crippen molar-refractivity contribution in [2.24, 2.45) is 0 Å². The molecular formula is C15H23N3S2. The predicted octanol–water partition coefficient (Wildman–Crippen LogP) is 2.67. The van der Waals surface area contributed by atoms with Crippen LogP contribution in [0, 0.1) is 0 Å². The molecule has 1 N–H and O–H groups in total. The lowest BCUT2D eigenvalue weighted by Gasteiger charge is -2.29. The molecule has 5 heteroatoms. The smallest absolute Gasteiger partial charge is 0.108 e.